The summed E-state index contributed by atoms with van der Waals surface area (Å²) in [6, 6.07) is 13.0. The number of hydrogen-bond donors (Lipinski definition) is 1. The van der Waals surface area contributed by atoms with Gasteiger partial charge in [0.2, 0.25) is 5.91 Å². The van der Waals surface area contributed by atoms with Crippen LogP contribution in [0.4, 0.5) is 5.82 Å². The van der Waals surface area contributed by atoms with Gasteiger partial charge in [0, 0.05) is 44.0 Å². The monoisotopic (exact) mass is 407 g/mol. The summed E-state index contributed by atoms with van der Waals surface area (Å²) in [5.74, 6) is 1.39. The fourth-order valence-electron chi connectivity index (χ4n) is 4.74. The number of amides is 1. The molecule has 1 atom stereocenters. The second-order valence-corrected chi connectivity index (χ2v) is 8.60. The molecule has 0 bridgehead atoms. The second-order valence-electron chi connectivity index (χ2n) is 8.60. The smallest absolute Gasteiger partial charge is 0.224 e. The number of carbonyl (C=O) groups is 1. The van der Waals surface area contributed by atoms with E-state index in [2.05, 4.69) is 43.3 Å². The van der Waals surface area contributed by atoms with Crippen molar-refractivity contribution in [3.8, 4) is 0 Å². The van der Waals surface area contributed by atoms with Gasteiger partial charge in [-0.1, -0.05) is 30.3 Å². The average molecular weight is 408 g/mol. The number of aromatic nitrogens is 2. The van der Waals surface area contributed by atoms with Crippen molar-refractivity contribution in [1.82, 2.24) is 20.2 Å². The Morgan fingerprint density at radius 1 is 1.10 bits per heavy atom. The molecule has 0 saturated carbocycles. The van der Waals surface area contributed by atoms with Crippen LogP contribution in [0.15, 0.2) is 42.7 Å². The first-order chi connectivity index (χ1) is 14.7. The Morgan fingerprint density at radius 3 is 2.67 bits per heavy atom. The lowest BCUT2D eigenvalue weighted by Gasteiger charge is -2.42. The zero-order valence-electron chi connectivity index (χ0n) is 18.0. The molecule has 2 aliphatic rings. The predicted molar refractivity (Wildman–Crippen MR) is 119 cm³/mol. The number of likely N-dealkylation sites (tertiary alicyclic amines) is 1. The van der Waals surface area contributed by atoms with Crippen LogP contribution in [-0.2, 0) is 11.2 Å². The Hall–Kier alpha value is -2.47. The summed E-state index contributed by atoms with van der Waals surface area (Å²) >= 11 is 0. The van der Waals surface area contributed by atoms with Gasteiger partial charge in [0.15, 0.2) is 0 Å². The van der Waals surface area contributed by atoms with E-state index in [1.165, 1.54) is 5.56 Å². The molecular weight excluding hydrogens is 374 g/mol. The molecule has 4 rings (SSSR count). The maximum Gasteiger partial charge on any atom is 0.224 e. The van der Waals surface area contributed by atoms with E-state index in [1.54, 1.807) is 6.33 Å². The Bertz CT molecular complexity index is 819. The normalized spacial score (nSPS) is 20.8. The fraction of sp³-hybridized carbons (Fsp3) is 0.542. The van der Waals surface area contributed by atoms with E-state index in [0.717, 1.165) is 76.3 Å². The quantitative estimate of drug-likeness (QED) is 0.798. The van der Waals surface area contributed by atoms with Crippen molar-refractivity contribution in [3.63, 3.8) is 0 Å². The van der Waals surface area contributed by atoms with Crippen molar-refractivity contribution in [2.45, 2.75) is 45.1 Å². The molecule has 6 heteroatoms. The molecule has 1 aromatic heterocycles. The average Bonchev–Trinajstić information content (AvgIpc) is 2.80. The van der Waals surface area contributed by atoms with Gasteiger partial charge in [-0.3, -0.25) is 9.69 Å². The van der Waals surface area contributed by atoms with E-state index in [4.69, 9.17) is 0 Å². The molecule has 1 aromatic carbocycles. The molecule has 2 fully saturated rings. The van der Waals surface area contributed by atoms with Crippen molar-refractivity contribution < 1.29 is 4.79 Å². The first kappa shape index (κ1) is 20.8. The number of aryl methyl sites for hydroxylation is 1. The van der Waals surface area contributed by atoms with Crippen LogP contribution in [-0.4, -0.2) is 59.5 Å². The van der Waals surface area contributed by atoms with E-state index in [1.807, 2.05) is 25.1 Å². The van der Waals surface area contributed by atoms with Crippen LogP contribution in [0.2, 0.25) is 0 Å². The SMILES string of the molecule is Cc1cc(N2CCC(N3CCC[C@H](C(=O)NCCc4ccccc4)C3)CC2)ncn1. The zero-order chi connectivity index (χ0) is 20.8. The minimum atomic E-state index is 0.122. The van der Waals surface area contributed by atoms with E-state index in [9.17, 15) is 4.79 Å². The largest absolute Gasteiger partial charge is 0.356 e. The van der Waals surface area contributed by atoms with Crippen molar-refractivity contribution in [2.75, 3.05) is 37.6 Å². The second kappa shape index (κ2) is 10.0. The minimum Gasteiger partial charge on any atom is -0.356 e. The van der Waals surface area contributed by atoms with Crippen LogP contribution in [0.3, 0.4) is 0 Å². The summed E-state index contributed by atoms with van der Waals surface area (Å²) in [7, 11) is 0. The highest BCUT2D eigenvalue weighted by Crippen LogP contribution is 2.26. The third kappa shape index (κ3) is 5.36. The third-order valence-corrected chi connectivity index (χ3v) is 6.47. The fourth-order valence-corrected chi connectivity index (χ4v) is 4.74. The summed E-state index contributed by atoms with van der Waals surface area (Å²) in [5.41, 5.74) is 2.29. The number of anilines is 1. The zero-order valence-corrected chi connectivity index (χ0v) is 18.0. The lowest BCUT2D eigenvalue weighted by molar-refractivity contribution is -0.127. The highest BCUT2D eigenvalue weighted by atomic mass is 16.1. The summed E-state index contributed by atoms with van der Waals surface area (Å²) < 4.78 is 0. The Kier molecular flexibility index (Phi) is 6.95. The Balaban J connectivity index is 1.23. The number of benzene rings is 1. The molecule has 2 saturated heterocycles. The van der Waals surface area contributed by atoms with E-state index in [-0.39, 0.29) is 11.8 Å². The molecule has 1 N–H and O–H groups in total. The highest BCUT2D eigenvalue weighted by Gasteiger charge is 2.31. The van der Waals surface area contributed by atoms with Gasteiger partial charge in [-0.15, -0.1) is 0 Å². The van der Waals surface area contributed by atoms with Crippen molar-refractivity contribution >= 4 is 11.7 Å². The maximum atomic E-state index is 12.7. The summed E-state index contributed by atoms with van der Waals surface area (Å²) in [6.07, 6.45) is 6.93. The van der Waals surface area contributed by atoms with Crippen molar-refractivity contribution in [1.29, 1.82) is 0 Å². The lowest BCUT2D eigenvalue weighted by Crippen LogP contribution is -2.51. The standard InChI is InChI=1S/C24H33N5O/c1-19-16-23(27-18-26-19)28-14-10-22(11-15-28)29-13-5-8-21(17-29)24(30)25-12-9-20-6-3-2-4-7-20/h2-4,6-7,16,18,21-22H,5,8-15,17H2,1H3,(H,25,30)/t21-/m0/s1. The van der Waals surface area contributed by atoms with E-state index in [0.29, 0.717) is 6.04 Å². The number of carbonyl (C=O) groups excluding carboxylic acids is 1. The molecular formula is C24H33N5O. The number of nitrogens with zero attached hydrogens (tertiary/aromatic N) is 4. The van der Waals surface area contributed by atoms with Crippen LogP contribution in [0.5, 0.6) is 0 Å². The number of piperidine rings is 2. The molecule has 1 amide bonds. The number of hydrogen-bond acceptors (Lipinski definition) is 5. The lowest BCUT2D eigenvalue weighted by atomic mass is 9.93. The summed E-state index contributed by atoms with van der Waals surface area (Å²) in [4.78, 5) is 26.3. The first-order valence-corrected chi connectivity index (χ1v) is 11.3. The molecule has 6 nitrogen and oxygen atoms in total. The topological polar surface area (TPSA) is 61.4 Å². The molecule has 0 unspecified atom stereocenters. The van der Waals surface area contributed by atoms with Gasteiger partial charge >= 0.3 is 0 Å². The highest BCUT2D eigenvalue weighted by molar-refractivity contribution is 5.79. The molecule has 2 aliphatic heterocycles. The van der Waals surface area contributed by atoms with Gasteiger partial charge < -0.3 is 10.2 Å². The molecule has 30 heavy (non-hydrogen) atoms. The summed E-state index contributed by atoms with van der Waals surface area (Å²) in [5, 5.41) is 3.17. The van der Waals surface area contributed by atoms with Crippen molar-refractivity contribution in [2.24, 2.45) is 5.92 Å². The van der Waals surface area contributed by atoms with Gasteiger partial charge in [-0.05, 0) is 51.1 Å². The molecule has 160 valence electrons. The maximum absolute atomic E-state index is 12.7. The minimum absolute atomic E-state index is 0.122. The van der Waals surface area contributed by atoms with Crippen LogP contribution in [0.25, 0.3) is 0 Å². The predicted octanol–water partition coefficient (Wildman–Crippen LogP) is 2.82. The van der Waals surface area contributed by atoms with Gasteiger partial charge in [0.25, 0.3) is 0 Å². The van der Waals surface area contributed by atoms with Crippen LogP contribution < -0.4 is 10.2 Å². The number of nitrogens with one attached hydrogen (secondary N) is 1. The Labute approximate surface area is 179 Å². The van der Waals surface area contributed by atoms with E-state index < -0.39 is 0 Å². The Morgan fingerprint density at radius 2 is 1.90 bits per heavy atom. The summed E-state index contributed by atoms with van der Waals surface area (Å²) in [6.45, 7) is 6.78. The first-order valence-electron chi connectivity index (χ1n) is 11.3. The van der Waals surface area contributed by atoms with Crippen LogP contribution in [0, 0.1) is 12.8 Å². The molecule has 3 heterocycles. The molecule has 2 aromatic rings. The number of rotatable bonds is 6. The van der Waals surface area contributed by atoms with Gasteiger partial charge in [0.05, 0.1) is 5.92 Å². The van der Waals surface area contributed by atoms with Gasteiger partial charge in [-0.25, -0.2) is 9.97 Å². The molecule has 0 aliphatic carbocycles. The van der Waals surface area contributed by atoms with Gasteiger partial charge in [0.1, 0.15) is 12.1 Å². The third-order valence-electron chi connectivity index (χ3n) is 6.47. The van der Waals surface area contributed by atoms with E-state index >= 15 is 0 Å². The van der Waals surface area contributed by atoms with Crippen LogP contribution >= 0.6 is 0 Å². The molecule has 0 spiro atoms. The van der Waals surface area contributed by atoms with Crippen molar-refractivity contribution in [3.05, 3.63) is 54.0 Å². The van der Waals surface area contributed by atoms with Crippen LogP contribution in [0.1, 0.15) is 36.9 Å². The molecule has 0 radical (unpaired) electrons. The van der Waals surface area contributed by atoms with Gasteiger partial charge in [-0.2, -0.15) is 0 Å².